The molecule has 1 aliphatic carbocycles. The minimum absolute atomic E-state index is 0.0257. The third kappa shape index (κ3) is 7.90. The SMILES string of the molecule is CCN(CC)c1ncc(NC(=O)c2cc(Cl)c(Cl)cc2C(=O)O[C@H](C)CC2(C)C[N+]2(C)C)c(OC2=CCCC(C(F)(F)F)=C2)n1. The first-order valence-electron chi connectivity index (χ1n) is 14.6. The van der Waals surface area contributed by atoms with Crippen molar-refractivity contribution < 1.29 is 36.7 Å². The normalized spacial score (nSPS) is 19.6. The van der Waals surface area contributed by atoms with Crippen molar-refractivity contribution in [2.24, 2.45) is 0 Å². The second-order valence-electron chi connectivity index (χ2n) is 12.0. The fourth-order valence-corrected chi connectivity index (χ4v) is 5.71. The van der Waals surface area contributed by atoms with E-state index in [0.29, 0.717) is 19.5 Å². The third-order valence-electron chi connectivity index (χ3n) is 8.34. The van der Waals surface area contributed by atoms with Crippen LogP contribution in [0.3, 0.4) is 0 Å². The molecular weight excluding hydrogens is 634 g/mol. The van der Waals surface area contributed by atoms with E-state index in [0.717, 1.165) is 17.1 Å². The molecule has 45 heavy (non-hydrogen) atoms. The summed E-state index contributed by atoms with van der Waals surface area (Å²) in [6.45, 7) is 9.72. The number of rotatable bonds is 11. The minimum Gasteiger partial charge on any atom is -0.459 e. The van der Waals surface area contributed by atoms with Crippen LogP contribution < -0.4 is 15.0 Å². The van der Waals surface area contributed by atoms with Crippen molar-refractivity contribution in [3.8, 4) is 5.88 Å². The highest BCUT2D eigenvalue weighted by Gasteiger charge is 2.60. The Balaban J connectivity index is 1.64. The average molecular weight is 672 g/mol. The van der Waals surface area contributed by atoms with E-state index < -0.39 is 29.7 Å². The highest BCUT2D eigenvalue weighted by molar-refractivity contribution is 6.42. The number of nitrogens with one attached hydrogen (secondary N) is 1. The first-order valence-corrected chi connectivity index (χ1v) is 15.4. The molecule has 2 aliphatic rings. The lowest BCUT2D eigenvalue weighted by molar-refractivity contribution is -0.786. The minimum atomic E-state index is -4.51. The molecule has 1 saturated heterocycles. The Hall–Kier alpha value is -3.35. The number of alkyl halides is 3. The number of nitrogens with zero attached hydrogens (tertiary/aromatic N) is 4. The van der Waals surface area contributed by atoms with Crippen LogP contribution in [-0.2, 0) is 4.74 Å². The van der Waals surface area contributed by atoms with Crippen molar-refractivity contribution in [1.29, 1.82) is 0 Å². The molecule has 1 aromatic carbocycles. The van der Waals surface area contributed by atoms with E-state index in [1.807, 2.05) is 13.8 Å². The van der Waals surface area contributed by atoms with E-state index in [9.17, 15) is 22.8 Å². The summed E-state index contributed by atoms with van der Waals surface area (Å²) in [6, 6.07) is 2.51. The van der Waals surface area contributed by atoms with Crippen LogP contribution in [0.2, 0.25) is 10.0 Å². The number of halogens is 5. The quantitative estimate of drug-likeness (QED) is 0.153. The van der Waals surface area contributed by atoms with Crippen LogP contribution in [0, 0.1) is 0 Å². The van der Waals surface area contributed by atoms with Gasteiger partial charge in [0.1, 0.15) is 29.6 Å². The van der Waals surface area contributed by atoms with E-state index in [1.54, 1.807) is 11.8 Å². The van der Waals surface area contributed by atoms with Crippen LogP contribution in [-0.4, -0.2) is 77.9 Å². The van der Waals surface area contributed by atoms with Gasteiger partial charge in [-0.2, -0.15) is 18.2 Å². The van der Waals surface area contributed by atoms with Crippen molar-refractivity contribution in [3.05, 3.63) is 63.0 Å². The number of amides is 1. The number of anilines is 2. The van der Waals surface area contributed by atoms with E-state index in [2.05, 4.69) is 36.3 Å². The maximum atomic E-state index is 13.7. The molecule has 0 bridgehead atoms. The number of quaternary nitrogens is 1. The Kier molecular flexibility index (Phi) is 10.1. The molecule has 244 valence electrons. The topological polar surface area (TPSA) is 93.7 Å². The molecule has 1 N–H and O–H groups in total. The number of hydrogen-bond acceptors (Lipinski definition) is 7. The molecule has 14 heteroatoms. The highest BCUT2D eigenvalue weighted by Crippen LogP contribution is 2.42. The lowest BCUT2D eigenvalue weighted by atomic mass is 10.0. The summed E-state index contributed by atoms with van der Waals surface area (Å²) >= 11 is 12.5. The molecule has 1 unspecified atom stereocenters. The third-order valence-corrected chi connectivity index (χ3v) is 9.07. The predicted molar refractivity (Wildman–Crippen MR) is 167 cm³/mol. The first-order chi connectivity index (χ1) is 21.0. The van der Waals surface area contributed by atoms with Gasteiger partial charge in [-0.15, -0.1) is 0 Å². The van der Waals surface area contributed by atoms with Gasteiger partial charge in [0.05, 0.1) is 41.5 Å². The number of carbonyl (C=O) groups is 2. The molecule has 1 aromatic heterocycles. The van der Waals surface area contributed by atoms with Crippen molar-refractivity contribution in [3.63, 3.8) is 0 Å². The van der Waals surface area contributed by atoms with Gasteiger partial charge in [-0.05, 0) is 64.8 Å². The number of likely N-dealkylation sites (N-methyl/N-ethyl adjacent to an activating group) is 1. The van der Waals surface area contributed by atoms with Gasteiger partial charge in [-0.1, -0.05) is 23.2 Å². The number of allylic oxidation sites excluding steroid dienone is 3. The molecule has 1 fully saturated rings. The molecule has 1 amide bonds. The second-order valence-corrected chi connectivity index (χ2v) is 12.8. The molecule has 2 atom stereocenters. The van der Waals surface area contributed by atoms with Crippen molar-refractivity contribution >= 4 is 46.7 Å². The van der Waals surface area contributed by atoms with E-state index in [1.165, 1.54) is 24.4 Å². The molecule has 2 aromatic rings. The zero-order valence-corrected chi connectivity index (χ0v) is 27.5. The standard InChI is InChI=1S/C31H36Cl2F3N5O4/c1-7-40(8-2)29-37-16-25(27(39-29)45-20-11-9-10-19(12-20)31(34,35)36)38-26(42)21-13-23(32)24(33)14-22(21)28(43)44-18(3)15-30(4)17-41(30,5)6/h11-14,16,18H,7-10,15,17H2,1-6H3/p+1/t18-,30?/m1/s1. The fourth-order valence-electron chi connectivity index (χ4n) is 5.39. The maximum absolute atomic E-state index is 13.7. The lowest BCUT2D eigenvalue weighted by Crippen LogP contribution is -2.30. The Bertz CT molecular complexity index is 1540. The number of hydrogen-bond donors (Lipinski definition) is 1. The first kappa shape index (κ1) is 34.5. The highest BCUT2D eigenvalue weighted by atomic mass is 35.5. The summed E-state index contributed by atoms with van der Waals surface area (Å²) in [7, 11) is 4.20. The molecule has 4 rings (SSSR count). The maximum Gasteiger partial charge on any atom is 0.412 e. The summed E-state index contributed by atoms with van der Waals surface area (Å²) in [4.78, 5) is 37.5. The number of aromatic nitrogens is 2. The van der Waals surface area contributed by atoms with Crippen LogP contribution >= 0.6 is 23.2 Å². The van der Waals surface area contributed by atoms with Crippen LogP contribution in [0.4, 0.5) is 24.8 Å². The van der Waals surface area contributed by atoms with E-state index >= 15 is 0 Å². The molecule has 9 nitrogen and oxygen atoms in total. The van der Waals surface area contributed by atoms with Crippen LogP contribution in [0.15, 0.2) is 41.8 Å². The molecule has 0 saturated carbocycles. The zero-order valence-electron chi connectivity index (χ0n) is 26.0. The van der Waals surface area contributed by atoms with Gasteiger partial charge >= 0.3 is 12.1 Å². The summed E-state index contributed by atoms with van der Waals surface area (Å²) < 4.78 is 52.6. The van der Waals surface area contributed by atoms with Crippen LogP contribution in [0.25, 0.3) is 0 Å². The Morgan fingerprint density at radius 2 is 1.78 bits per heavy atom. The number of esters is 1. The zero-order chi connectivity index (χ0) is 33.3. The monoisotopic (exact) mass is 670 g/mol. The van der Waals surface area contributed by atoms with Gasteiger partial charge in [0.15, 0.2) is 0 Å². The van der Waals surface area contributed by atoms with Gasteiger partial charge < -0.3 is 24.2 Å². The Morgan fingerprint density at radius 1 is 1.16 bits per heavy atom. The molecule has 0 radical (unpaired) electrons. The smallest absolute Gasteiger partial charge is 0.412 e. The Morgan fingerprint density at radius 3 is 2.36 bits per heavy atom. The molecule has 2 heterocycles. The average Bonchev–Trinajstić information content (AvgIpc) is 3.46. The summed E-state index contributed by atoms with van der Waals surface area (Å²) in [5.74, 6) is -1.55. The van der Waals surface area contributed by atoms with Gasteiger partial charge in [0, 0.05) is 25.1 Å². The number of carbonyl (C=O) groups excluding carboxylic acids is 2. The van der Waals surface area contributed by atoms with Crippen LogP contribution in [0.1, 0.15) is 67.7 Å². The van der Waals surface area contributed by atoms with Gasteiger partial charge in [-0.25, -0.2) is 9.78 Å². The van der Waals surface area contributed by atoms with Crippen LogP contribution in [0.5, 0.6) is 5.88 Å². The van der Waals surface area contributed by atoms with Gasteiger partial charge in [0.2, 0.25) is 11.8 Å². The fraction of sp³-hybridized carbons (Fsp3) is 0.484. The summed E-state index contributed by atoms with van der Waals surface area (Å²) in [5.41, 5.74) is -1.06. The van der Waals surface area contributed by atoms with Crippen molar-refractivity contribution in [2.75, 3.05) is 43.9 Å². The van der Waals surface area contributed by atoms with Gasteiger partial charge in [-0.3, -0.25) is 4.79 Å². The second kappa shape index (κ2) is 13.2. The molecular formula is C31H37Cl2F3N5O4+. The van der Waals surface area contributed by atoms with E-state index in [-0.39, 0.29) is 62.8 Å². The summed E-state index contributed by atoms with van der Waals surface area (Å²) in [5, 5.41) is 2.70. The van der Waals surface area contributed by atoms with Crippen molar-refractivity contribution in [2.45, 2.75) is 64.8 Å². The number of ether oxygens (including phenoxy) is 2. The van der Waals surface area contributed by atoms with Gasteiger partial charge in [0.25, 0.3) is 5.91 Å². The molecule has 1 aliphatic heterocycles. The lowest BCUT2D eigenvalue weighted by Gasteiger charge is -2.22. The molecule has 0 spiro atoms. The predicted octanol–water partition coefficient (Wildman–Crippen LogP) is 7.21. The number of benzene rings is 1. The largest absolute Gasteiger partial charge is 0.459 e. The Labute approximate surface area is 270 Å². The van der Waals surface area contributed by atoms with Crippen molar-refractivity contribution in [1.82, 2.24) is 9.97 Å². The summed E-state index contributed by atoms with van der Waals surface area (Å²) in [6.07, 6.45) is -0.711. The van der Waals surface area contributed by atoms with E-state index in [4.69, 9.17) is 32.7 Å².